The molecule has 0 saturated heterocycles. The molecule has 0 aromatic heterocycles. The highest BCUT2D eigenvalue weighted by atomic mass is 15.1. The molecule has 0 unspecified atom stereocenters. The molecule has 0 radical (unpaired) electrons. The summed E-state index contributed by atoms with van der Waals surface area (Å²) in [5.41, 5.74) is 6.84. The quantitative estimate of drug-likeness (QED) is 0.165. The molecular weight excluding hydrogens is 675 g/mol. The zero-order valence-corrected chi connectivity index (χ0v) is 29.9. The third-order valence-electron chi connectivity index (χ3n) is 10.9. The van der Waals surface area contributed by atoms with Gasteiger partial charge in [0.1, 0.15) is 0 Å². The lowest BCUT2D eigenvalue weighted by Gasteiger charge is -2.30. The summed E-state index contributed by atoms with van der Waals surface area (Å²) < 4.78 is 114. The molecule has 0 aliphatic heterocycles. The minimum atomic E-state index is -0.768. The lowest BCUT2D eigenvalue weighted by Crippen LogP contribution is -2.25. The van der Waals surface area contributed by atoms with Crippen molar-refractivity contribution in [3.63, 3.8) is 0 Å². The Morgan fingerprint density at radius 1 is 0.286 bits per heavy atom. The maximum atomic E-state index is 9.75. The molecule has 0 atom stereocenters. The number of benzene rings is 9. The third kappa shape index (κ3) is 4.95. The van der Waals surface area contributed by atoms with Crippen LogP contribution >= 0.6 is 0 Å². The van der Waals surface area contributed by atoms with Crippen LogP contribution in [0, 0.1) is 0 Å². The molecule has 0 amide bonds. The lowest BCUT2D eigenvalue weighted by atomic mass is 9.70. The van der Waals surface area contributed by atoms with Gasteiger partial charge in [-0.2, -0.15) is 0 Å². The van der Waals surface area contributed by atoms with E-state index >= 15 is 0 Å². The molecular formula is C55H37N. The predicted octanol–water partition coefficient (Wildman–Crippen LogP) is 14.5. The summed E-state index contributed by atoms with van der Waals surface area (Å²) in [6.07, 6.45) is 0. The van der Waals surface area contributed by atoms with E-state index in [1.807, 2.05) is 48.5 Å². The van der Waals surface area contributed by atoms with E-state index in [9.17, 15) is 16.4 Å². The maximum Gasteiger partial charge on any atom is 0.0725 e. The largest absolute Gasteiger partial charge is 0.311 e. The molecule has 0 saturated carbocycles. The van der Waals surface area contributed by atoms with E-state index in [0.29, 0.717) is 16.7 Å². The van der Waals surface area contributed by atoms with E-state index < -0.39 is 95.0 Å². The fourth-order valence-electron chi connectivity index (χ4n) is 8.48. The van der Waals surface area contributed by atoms with E-state index in [2.05, 4.69) is 36.4 Å². The van der Waals surface area contributed by atoms with Crippen LogP contribution in [-0.4, -0.2) is 0 Å². The van der Waals surface area contributed by atoms with Crippen molar-refractivity contribution in [2.24, 2.45) is 0 Å². The Morgan fingerprint density at radius 2 is 0.625 bits per heavy atom. The van der Waals surface area contributed by atoms with Crippen LogP contribution in [0.15, 0.2) is 224 Å². The number of hydrogen-bond acceptors (Lipinski definition) is 1. The molecule has 9 aromatic carbocycles. The van der Waals surface area contributed by atoms with Crippen molar-refractivity contribution in [1.82, 2.24) is 0 Å². The predicted molar refractivity (Wildman–Crippen MR) is 234 cm³/mol. The molecule has 0 bridgehead atoms. The average Bonchev–Trinajstić information content (AvgIpc) is 3.82. The number of nitrogens with zero attached hydrogens (tertiary/aromatic N) is 1. The molecule has 1 heteroatoms. The summed E-state index contributed by atoms with van der Waals surface area (Å²) in [7, 11) is 0. The smallest absolute Gasteiger partial charge is 0.0725 e. The van der Waals surface area contributed by atoms with Gasteiger partial charge in [0.05, 0.1) is 21.9 Å². The van der Waals surface area contributed by atoms with Crippen molar-refractivity contribution in [3.05, 3.63) is 246 Å². The second-order valence-electron chi connectivity index (χ2n) is 13.9. The van der Waals surface area contributed by atoms with E-state index in [-0.39, 0.29) is 16.7 Å². The molecule has 0 fully saturated rings. The van der Waals surface area contributed by atoms with Crippen LogP contribution in [0.2, 0.25) is 0 Å². The highest BCUT2D eigenvalue weighted by Gasteiger charge is 2.51. The van der Waals surface area contributed by atoms with Gasteiger partial charge in [0.25, 0.3) is 0 Å². The van der Waals surface area contributed by atoms with Gasteiger partial charge in [-0.25, -0.2) is 0 Å². The Labute approximate surface area is 345 Å². The maximum absolute atomic E-state index is 9.75. The van der Waals surface area contributed by atoms with Gasteiger partial charge in [-0.05, 0) is 120 Å². The number of anilines is 3. The van der Waals surface area contributed by atoms with Gasteiger partial charge in [0, 0.05) is 17.1 Å². The first-order chi connectivity index (χ1) is 32.8. The molecule has 1 nitrogen and oxygen atoms in total. The molecule has 1 spiro atoms. The van der Waals surface area contributed by atoms with E-state index in [1.165, 1.54) is 0 Å². The summed E-state index contributed by atoms with van der Waals surface area (Å²) in [6.45, 7) is 0. The SMILES string of the molecule is [2H]c1c([2H])c(N(c2c([2H])c([2H])c(-c3ccccc3)c([2H])c2[2H])c2c([2H])c([2H])c(-c3ccc4c(c3)C3(c5ccccc5-c5ccccc53)c3ccccc3-4)c([2H])c2[2H])c([2H])c([2H])c1-c1ccccc1. The van der Waals surface area contributed by atoms with Crippen LogP contribution in [0.25, 0.3) is 55.6 Å². The van der Waals surface area contributed by atoms with Crippen LogP contribution in [0.5, 0.6) is 0 Å². The van der Waals surface area contributed by atoms with Crippen molar-refractivity contribution >= 4 is 17.1 Å². The van der Waals surface area contributed by atoms with Crippen molar-refractivity contribution in [2.75, 3.05) is 4.90 Å². The van der Waals surface area contributed by atoms with Crippen LogP contribution in [-0.2, 0) is 5.41 Å². The van der Waals surface area contributed by atoms with Crippen molar-refractivity contribution in [1.29, 1.82) is 0 Å². The Hall–Kier alpha value is -7.22. The minimum Gasteiger partial charge on any atom is -0.311 e. The van der Waals surface area contributed by atoms with Gasteiger partial charge < -0.3 is 4.90 Å². The standard InChI is InChI=1S/C55H37N/c1-3-13-38(14-4-1)40-23-30-44(31-24-40)56(45-32-25-41(26-33-45)39-15-5-2-6-16-39)46-34-27-42(28-35-46)43-29-36-50-49-19-9-12-22-53(49)55(54(50)37-43)51-20-10-7-17-47(51)48-18-8-11-21-52(48)55/h1-37H/i23D,24D,25D,26D,27D,28D,30D,31D,32D,33D,34D,35D. The van der Waals surface area contributed by atoms with Gasteiger partial charge in [-0.3, -0.25) is 0 Å². The van der Waals surface area contributed by atoms with Crippen LogP contribution in [0.1, 0.15) is 38.7 Å². The first-order valence-corrected chi connectivity index (χ1v) is 18.5. The first kappa shape index (κ1) is 22.2. The summed E-state index contributed by atoms with van der Waals surface area (Å²) in [5.74, 6) is 0. The zero-order chi connectivity index (χ0) is 47.5. The number of fused-ring (bicyclic) bond motifs is 10. The third-order valence-corrected chi connectivity index (χ3v) is 10.9. The van der Waals surface area contributed by atoms with Gasteiger partial charge in [-0.15, -0.1) is 0 Å². The van der Waals surface area contributed by atoms with Crippen molar-refractivity contribution in [3.8, 4) is 55.6 Å². The molecule has 2 aliphatic carbocycles. The summed E-state index contributed by atoms with van der Waals surface area (Å²) >= 11 is 0. The first-order valence-electron chi connectivity index (χ1n) is 24.5. The molecule has 11 rings (SSSR count). The molecule has 0 heterocycles. The van der Waals surface area contributed by atoms with Crippen molar-refractivity contribution in [2.45, 2.75) is 5.41 Å². The monoisotopic (exact) mass is 723 g/mol. The number of hydrogen-bond donors (Lipinski definition) is 0. The second kappa shape index (κ2) is 13.0. The summed E-state index contributed by atoms with van der Waals surface area (Å²) in [6, 6.07) is 40.3. The van der Waals surface area contributed by atoms with E-state index in [1.54, 1.807) is 66.7 Å². The molecule has 56 heavy (non-hydrogen) atoms. The van der Waals surface area contributed by atoms with E-state index in [0.717, 1.165) is 49.4 Å². The van der Waals surface area contributed by atoms with Crippen LogP contribution in [0.4, 0.5) is 17.1 Å². The minimum absolute atomic E-state index is 0.0396. The molecule has 2 aliphatic rings. The fraction of sp³-hybridized carbons (Fsp3) is 0.0182. The number of rotatable bonds is 6. The van der Waals surface area contributed by atoms with Gasteiger partial charge in [-0.1, -0.05) is 182 Å². The zero-order valence-electron chi connectivity index (χ0n) is 41.9. The Morgan fingerprint density at radius 3 is 1.04 bits per heavy atom. The van der Waals surface area contributed by atoms with Gasteiger partial charge >= 0.3 is 0 Å². The highest BCUT2D eigenvalue weighted by molar-refractivity contribution is 5.96. The summed E-state index contributed by atoms with van der Waals surface area (Å²) in [5, 5.41) is 0. The van der Waals surface area contributed by atoms with Gasteiger partial charge in [0.2, 0.25) is 0 Å². The highest BCUT2D eigenvalue weighted by Crippen LogP contribution is 2.63. The summed E-state index contributed by atoms with van der Waals surface area (Å²) in [4.78, 5) is 0.857. The Balaban J connectivity index is 1.18. The van der Waals surface area contributed by atoms with Gasteiger partial charge in [0.15, 0.2) is 0 Å². The van der Waals surface area contributed by atoms with Crippen molar-refractivity contribution < 1.29 is 16.4 Å². The topological polar surface area (TPSA) is 3.24 Å². The average molecular weight is 724 g/mol. The van der Waals surface area contributed by atoms with Crippen LogP contribution in [0.3, 0.4) is 0 Å². The lowest BCUT2D eigenvalue weighted by molar-refractivity contribution is 0.794. The molecule has 0 N–H and O–H groups in total. The fourth-order valence-corrected chi connectivity index (χ4v) is 8.48. The second-order valence-corrected chi connectivity index (χ2v) is 13.9. The Kier molecular flexibility index (Phi) is 5.15. The molecule has 262 valence electrons. The van der Waals surface area contributed by atoms with E-state index in [4.69, 9.17) is 0 Å². The Bertz CT molecular complexity index is 3350. The molecule has 9 aromatic rings. The normalized spacial score (nSPS) is 15.8. The van der Waals surface area contributed by atoms with Crippen LogP contribution < -0.4 is 4.90 Å².